The third-order valence-corrected chi connectivity index (χ3v) is 3.97. The second-order valence-corrected chi connectivity index (χ2v) is 5.20. The van der Waals surface area contributed by atoms with Crippen molar-refractivity contribution in [2.24, 2.45) is 0 Å². The molecule has 3 aromatic rings. The lowest BCUT2D eigenvalue weighted by Gasteiger charge is -2.02. The first kappa shape index (κ1) is 13.3. The van der Waals surface area contributed by atoms with Crippen molar-refractivity contribution in [3.63, 3.8) is 0 Å². The van der Waals surface area contributed by atoms with Gasteiger partial charge in [-0.05, 0) is 17.5 Å². The summed E-state index contributed by atoms with van der Waals surface area (Å²) in [5.41, 5.74) is 1.19. The molecule has 0 unspecified atom stereocenters. The number of nitrogens with one attached hydrogen (secondary N) is 1. The number of thiophene rings is 1. The number of carbonyl (C=O) groups is 2. The summed E-state index contributed by atoms with van der Waals surface area (Å²) >= 11 is 1.22. The van der Waals surface area contributed by atoms with E-state index in [9.17, 15) is 19.2 Å². The first-order valence-electron chi connectivity index (χ1n) is 5.96. The minimum atomic E-state index is -1.16. The predicted octanol–water partition coefficient (Wildman–Crippen LogP) is 3.08. The molecule has 0 aliphatic heterocycles. The van der Waals surface area contributed by atoms with Crippen molar-refractivity contribution in [3.8, 4) is 5.88 Å². The maximum Gasteiger partial charge on any atom is 0.356 e. The number of aromatic nitrogens is 1. The molecule has 7 heteroatoms. The summed E-state index contributed by atoms with van der Waals surface area (Å²) in [7, 11) is 0. The Morgan fingerprint density at radius 2 is 1.95 bits per heavy atom. The average molecular weight is 304 g/mol. The van der Waals surface area contributed by atoms with Crippen molar-refractivity contribution in [1.29, 1.82) is 0 Å². The number of nitrogens with zero attached hydrogens (tertiary/aromatic N) is 1. The molecule has 2 N–H and O–H groups in total. The van der Waals surface area contributed by atoms with Gasteiger partial charge in [-0.2, -0.15) is 5.54 Å². The standard InChI is InChI=1S/C14H9FN2O3S/c15-16-14(20)17-9-5-2-1-4-8(9)11(13(17)19)12(18)10-6-3-7-21-10/h1-7,19H,(H,16,20). The Morgan fingerprint density at radius 3 is 2.62 bits per heavy atom. The minimum Gasteiger partial charge on any atom is -0.494 e. The number of benzene rings is 1. The van der Waals surface area contributed by atoms with Crippen LogP contribution in [-0.2, 0) is 0 Å². The van der Waals surface area contributed by atoms with Crippen molar-refractivity contribution >= 4 is 34.1 Å². The van der Waals surface area contributed by atoms with E-state index in [-0.39, 0.29) is 11.1 Å². The molecular weight excluding hydrogens is 295 g/mol. The molecule has 0 aliphatic carbocycles. The molecule has 106 valence electrons. The highest BCUT2D eigenvalue weighted by molar-refractivity contribution is 7.12. The summed E-state index contributed by atoms with van der Waals surface area (Å²) in [6.45, 7) is 0. The van der Waals surface area contributed by atoms with Crippen LogP contribution in [0.15, 0.2) is 41.8 Å². The van der Waals surface area contributed by atoms with E-state index in [1.165, 1.54) is 17.4 Å². The Morgan fingerprint density at radius 1 is 1.19 bits per heavy atom. The minimum absolute atomic E-state index is 0.0170. The number of aromatic hydroxyl groups is 1. The van der Waals surface area contributed by atoms with E-state index in [1.807, 2.05) is 0 Å². The zero-order chi connectivity index (χ0) is 15.0. The second kappa shape index (κ2) is 5.02. The van der Waals surface area contributed by atoms with Gasteiger partial charge in [0.25, 0.3) is 0 Å². The number of para-hydroxylation sites is 1. The Hall–Kier alpha value is -2.67. The van der Waals surface area contributed by atoms with Gasteiger partial charge in [-0.15, -0.1) is 11.3 Å². The van der Waals surface area contributed by atoms with Crippen LogP contribution < -0.4 is 5.54 Å². The number of hydrogen-bond donors (Lipinski definition) is 2. The van der Waals surface area contributed by atoms with Crippen molar-refractivity contribution < 1.29 is 19.2 Å². The van der Waals surface area contributed by atoms with Crippen LogP contribution in [0, 0.1) is 0 Å². The smallest absolute Gasteiger partial charge is 0.356 e. The molecule has 5 nitrogen and oxygen atoms in total. The van der Waals surface area contributed by atoms with Gasteiger partial charge in [0.05, 0.1) is 16.0 Å². The van der Waals surface area contributed by atoms with E-state index in [0.29, 0.717) is 10.3 Å². The molecule has 0 atom stereocenters. The van der Waals surface area contributed by atoms with Gasteiger partial charge in [0.2, 0.25) is 11.7 Å². The van der Waals surface area contributed by atoms with Crippen LogP contribution in [0.2, 0.25) is 0 Å². The maximum atomic E-state index is 12.5. The highest BCUT2D eigenvalue weighted by Crippen LogP contribution is 2.33. The van der Waals surface area contributed by atoms with Crippen LogP contribution in [-0.4, -0.2) is 21.5 Å². The Bertz CT molecular complexity index is 839. The van der Waals surface area contributed by atoms with Crippen LogP contribution >= 0.6 is 11.3 Å². The summed E-state index contributed by atoms with van der Waals surface area (Å²) in [6.07, 6.45) is 0. The number of fused-ring (bicyclic) bond motifs is 1. The van der Waals surface area contributed by atoms with Crippen LogP contribution in [0.5, 0.6) is 5.88 Å². The summed E-state index contributed by atoms with van der Waals surface area (Å²) in [5, 5.41) is 12.3. The van der Waals surface area contributed by atoms with Gasteiger partial charge in [0.15, 0.2) is 0 Å². The summed E-state index contributed by atoms with van der Waals surface area (Å²) in [4.78, 5) is 24.5. The fourth-order valence-electron chi connectivity index (χ4n) is 2.23. The number of rotatable bonds is 2. The van der Waals surface area contributed by atoms with Crippen molar-refractivity contribution in [2.75, 3.05) is 0 Å². The normalized spacial score (nSPS) is 10.7. The number of carbonyl (C=O) groups excluding carboxylic acids is 2. The third kappa shape index (κ3) is 1.98. The second-order valence-electron chi connectivity index (χ2n) is 4.26. The van der Waals surface area contributed by atoms with Gasteiger partial charge in [-0.25, -0.2) is 9.36 Å². The van der Waals surface area contributed by atoms with Gasteiger partial charge in [-0.1, -0.05) is 28.7 Å². The highest BCUT2D eigenvalue weighted by Gasteiger charge is 2.26. The molecule has 2 aromatic heterocycles. The third-order valence-electron chi connectivity index (χ3n) is 3.11. The monoisotopic (exact) mass is 304 g/mol. The van der Waals surface area contributed by atoms with E-state index in [4.69, 9.17) is 0 Å². The molecule has 0 aliphatic rings. The summed E-state index contributed by atoms with van der Waals surface area (Å²) in [5.74, 6) is -0.992. The first-order valence-corrected chi connectivity index (χ1v) is 6.84. The quantitative estimate of drug-likeness (QED) is 0.564. The highest BCUT2D eigenvalue weighted by atomic mass is 32.1. The van der Waals surface area contributed by atoms with E-state index in [2.05, 4.69) is 0 Å². The molecule has 0 fully saturated rings. The predicted molar refractivity (Wildman–Crippen MR) is 76.4 cm³/mol. The van der Waals surface area contributed by atoms with Crippen LogP contribution in [0.4, 0.5) is 9.28 Å². The average Bonchev–Trinajstić information content (AvgIpc) is 3.11. The molecule has 0 saturated heterocycles. The molecule has 1 aromatic carbocycles. The van der Waals surface area contributed by atoms with Crippen molar-refractivity contribution in [2.45, 2.75) is 0 Å². The number of halogens is 1. The van der Waals surface area contributed by atoms with Crippen molar-refractivity contribution in [3.05, 3.63) is 52.2 Å². The zero-order valence-corrected chi connectivity index (χ0v) is 11.4. The number of ketones is 1. The van der Waals surface area contributed by atoms with Crippen LogP contribution in [0.25, 0.3) is 10.9 Å². The fourth-order valence-corrected chi connectivity index (χ4v) is 2.90. The Kier molecular flexibility index (Phi) is 3.19. The van der Waals surface area contributed by atoms with Crippen molar-refractivity contribution in [1.82, 2.24) is 10.1 Å². The van der Waals surface area contributed by atoms with Gasteiger partial charge in [-0.3, -0.25) is 4.79 Å². The maximum absolute atomic E-state index is 12.5. The lowest BCUT2D eigenvalue weighted by molar-refractivity contribution is 0.104. The first-order chi connectivity index (χ1) is 10.1. The molecule has 0 spiro atoms. The topological polar surface area (TPSA) is 71.3 Å². The summed E-state index contributed by atoms with van der Waals surface area (Å²) < 4.78 is 13.2. The van der Waals surface area contributed by atoms with Gasteiger partial charge < -0.3 is 5.11 Å². The molecule has 2 heterocycles. The van der Waals surface area contributed by atoms with Crippen LogP contribution in [0.1, 0.15) is 15.2 Å². The fraction of sp³-hybridized carbons (Fsp3) is 0. The summed E-state index contributed by atoms with van der Waals surface area (Å²) in [6, 6.07) is 8.59. The van der Waals surface area contributed by atoms with Gasteiger partial charge >= 0.3 is 6.03 Å². The number of amides is 1. The van der Waals surface area contributed by atoms with E-state index in [0.717, 1.165) is 10.1 Å². The van der Waals surface area contributed by atoms with Gasteiger partial charge in [0.1, 0.15) is 0 Å². The number of hydrogen-bond acceptors (Lipinski definition) is 4. The SMILES string of the molecule is O=C(c1cccs1)c1c(O)n(C(=O)NF)c2ccccc12. The largest absolute Gasteiger partial charge is 0.494 e. The molecule has 21 heavy (non-hydrogen) atoms. The van der Waals surface area contributed by atoms with E-state index < -0.39 is 17.7 Å². The molecule has 0 radical (unpaired) electrons. The lowest BCUT2D eigenvalue weighted by atomic mass is 10.1. The lowest BCUT2D eigenvalue weighted by Crippen LogP contribution is -2.20. The molecule has 0 bridgehead atoms. The molecular formula is C14H9FN2O3S. The van der Waals surface area contributed by atoms with E-state index >= 15 is 0 Å². The van der Waals surface area contributed by atoms with E-state index in [1.54, 1.807) is 35.7 Å². The Labute approximate surface area is 122 Å². The Balaban J connectivity index is 2.31. The molecule has 3 rings (SSSR count). The molecule has 1 amide bonds. The zero-order valence-electron chi connectivity index (χ0n) is 10.5. The van der Waals surface area contributed by atoms with Crippen LogP contribution in [0.3, 0.4) is 0 Å². The molecule has 0 saturated carbocycles. The van der Waals surface area contributed by atoms with Gasteiger partial charge in [0, 0.05) is 5.39 Å².